The predicted molar refractivity (Wildman–Crippen MR) is 167 cm³/mol. The second-order valence-electron chi connectivity index (χ2n) is 12.0. The number of hydrogen-bond acceptors (Lipinski definition) is 5. The monoisotopic (exact) mass is 571 g/mol. The summed E-state index contributed by atoms with van der Waals surface area (Å²) in [6.45, 7) is 13.0. The highest BCUT2D eigenvalue weighted by molar-refractivity contribution is 5.96. The Kier molecular flexibility index (Phi) is 11.3. The van der Waals surface area contributed by atoms with Crippen LogP contribution in [-0.2, 0) is 16.1 Å². The van der Waals surface area contributed by atoms with Crippen LogP contribution in [0.5, 0.6) is 5.75 Å². The van der Waals surface area contributed by atoms with Crippen LogP contribution in [0.4, 0.5) is 0 Å². The molecule has 224 valence electrons. The zero-order chi connectivity index (χ0) is 30.1. The number of carbonyl (C=O) groups is 2. The number of carbonyl (C=O) groups excluding carboxylic acids is 1. The molecule has 1 saturated heterocycles. The van der Waals surface area contributed by atoms with Crippen LogP contribution in [0.1, 0.15) is 92.4 Å². The van der Waals surface area contributed by atoms with Crippen molar-refractivity contribution in [2.24, 2.45) is 5.92 Å². The van der Waals surface area contributed by atoms with E-state index in [4.69, 9.17) is 14.6 Å². The van der Waals surface area contributed by atoms with Gasteiger partial charge in [0.1, 0.15) is 11.9 Å². The number of carboxylic acid groups (broad SMARTS) is 1. The molecule has 3 aromatic rings. The largest absolute Gasteiger partial charge is 0.486 e. The van der Waals surface area contributed by atoms with Gasteiger partial charge in [0.25, 0.3) is 0 Å². The SMILES string of the molecule is CC(C)CC(Oc1ccc(-c2ccc(C(C)C)cc2)c(CN2CCOCC2)c1)c1ccc(C(=O)CCCC(=O)O)cc1. The van der Waals surface area contributed by atoms with Crippen LogP contribution >= 0.6 is 0 Å². The molecule has 0 radical (unpaired) electrons. The van der Waals surface area contributed by atoms with Gasteiger partial charge < -0.3 is 14.6 Å². The Hall–Kier alpha value is -3.48. The van der Waals surface area contributed by atoms with Crippen molar-refractivity contribution in [3.05, 3.63) is 89.0 Å². The minimum Gasteiger partial charge on any atom is -0.486 e. The molecule has 1 atom stereocenters. The lowest BCUT2D eigenvalue weighted by Gasteiger charge is -2.28. The first-order valence-electron chi connectivity index (χ1n) is 15.2. The third kappa shape index (κ3) is 9.01. The number of rotatable bonds is 14. The third-order valence-corrected chi connectivity index (χ3v) is 7.83. The van der Waals surface area contributed by atoms with E-state index >= 15 is 0 Å². The molecule has 0 saturated carbocycles. The van der Waals surface area contributed by atoms with Crippen LogP contribution in [0.3, 0.4) is 0 Å². The van der Waals surface area contributed by atoms with E-state index in [9.17, 15) is 9.59 Å². The van der Waals surface area contributed by atoms with Crippen molar-refractivity contribution in [1.82, 2.24) is 4.90 Å². The molecule has 1 heterocycles. The fourth-order valence-corrected chi connectivity index (χ4v) is 5.38. The number of ether oxygens (including phenoxy) is 2. The first-order valence-corrected chi connectivity index (χ1v) is 15.2. The van der Waals surface area contributed by atoms with E-state index in [1.807, 2.05) is 24.3 Å². The number of Topliss-reactive ketones (excluding diaryl/α,β-unsaturated/α-hetero) is 1. The number of aliphatic carboxylic acids is 1. The van der Waals surface area contributed by atoms with Gasteiger partial charge in [-0.2, -0.15) is 0 Å². The summed E-state index contributed by atoms with van der Waals surface area (Å²) in [4.78, 5) is 25.8. The molecule has 1 aliphatic rings. The van der Waals surface area contributed by atoms with Crippen LogP contribution in [0, 0.1) is 5.92 Å². The smallest absolute Gasteiger partial charge is 0.303 e. The molecule has 0 spiro atoms. The van der Waals surface area contributed by atoms with Gasteiger partial charge in [0.05, 0.1) is 13.2 Å². The van der Waals surface area contributed by atoms with Gasteiger partial charge >= 0.3 is 5.97 Å². The van der Waals surface area contributed by atoms with E-state index in [0.29, 0.717) is 23.8 Å². The Morgan fingerprint density at radius 3 is 2.17 bits per heavy atom. The molecule has 0 aliphatic carbocycles. The first kappa shape index (κ1) is 31.5. The topological polar surface area (TPSA) is 76.1 Å². The van der Waals surface area contributed by atoms with E-state index in [0.717, 1.165) is 50.6 Å². The zero-order valence-corrected chi connectivity index (χ0v) is 25.5. The molecule has 3 aromatic carbocycles. The van der Waals surface area contributed by atoms with E-state index in [2.05, 4.69) is 75.1 Å². The highest BCUT2D eigenvalue weighted by Gasteiger charge is 2.19. The molecule has 1 N–H and O–H groups in total. The zero-order valence-electron chi connectivity index (χ0n) is 25.5. The number of morpholine rings is 1. The fraction of sp³-hybridized carbons (Fsp3) is 0.444. The Balaban J connectivity index is 1.57. The van der Waals surface area contributed by atoms with Gasteiger partial charge in [0, 0.05) is 38.0 Å². The molecule has 1 fully saturated rings. The van der Waals surface area contributed by atoms with Crippen molar-refractivity contribution >= 4 is 11.8 Å². The van der Waals surface area contributed by atoms with E-state index in [1.165, 1.54) is 22.3 Å². The quantitative estimate of drug-likeness (QED) is 0.198. The van der Waals surface area contributed by atoms with Crippen molar-refractivity contribution in [2.75, 3.05) is 26.3 Å². The standard InChI is InChI=1S/C36H45NO5/c1-25(2)22-35(30-14-12-29(13-15-30)34(38)6-5-7-36(39)40)42-32-16-17-33(28-10-8-27(9-11-28)26(3)4)31(23-32)24-37-18-20-41-21-19-37/h8-17,23,25-26,35H,5-7,18-22,24H2,1-4H3,(H,39,40). The molecule has 0 bridgehead atoms. The van der Waals surface area contributed by atoms with Crippen LogP contribution in [0.2, 0.25) is 0 Å². The Labute approximate surface area is 250 Å². The molecular weight excluding hydrogens is 526 g/mol. The van der Waals surface area contributed by atoms with Gasteiger partial charge in [-0.3, -0.25) is 14.5 Å². The molecule has 1 aliphatic heterocycles. The lowest BCUT2D eigenvalue weighted by Crippen LogP contribution is -2.35. The minimum absolute atomic E-state index is 0.00367. The van der Waals surface area contributed by atoms with Crippen LogP contribution < -0.4 is 4.74 Å². The van der Waals surface area contributed by atoms with Gasteiger partial charge in [-0.05, 0) is 64.6 Å². The lowest BCUT2D eigenvalue weighted by molar-refractivity contribution is -0.137. The third-order valence-electron chi connectivity index (χ3n) is 7.83. The number of benzene rings is 3. The summed E-state index contributed by atoms with van der Waals surface area (Å²) in [5.41, 5.74) is 6.61. The second kappa shape index (κ2) is 15.1. The normalized spacial score (nSPS) is 14.7. The summed E-state index contributed by atoms with van der Waals surface area (Å²) >= 11 is 0. The molecule has 6 nitrogen and oxygen atoms in total. The van der Waals surface area contributed by atoms with Gasteiger partial charge in [0.2, 0.25) is 0 Å². The molecule has 4 rings (SSSR count). The molecule has 0 aromatic heterocycles. The molecule has 1 unspecified atom stereocenters. The highest BCUT2D eigenvalue weighted by Crippen LogP contribution is 2.34. The predicted octanol–water partition coefficient (Wildman–Crippen LogP) is 7.91. The summed E-state index contributed by atoms with van der Waals surface area (Å²) in [5.74, 6) is 0.828. The Bertz CT molecular complexity index is 1310. The number of hydrogen-bond donors (Lipinski definition) is 1. The van der Waals surface area contributed by atoms with E-state index < -0.39 is 5.97 Å². The van der Waals surface area contributed by atoms with Crippen LogP contribution in [-0.4, -0.2) is 48.1 Å². The minimum atomic E-state index is -0.878. The molecular formula is C36H45NO5. The van der Waals surface area contributed by atoms with Crippen LogP contribution in [0.15, 0.2) is 66.7 Å². The van der Waals surface area contributed by atoms with Crippen molar-refractivity contribution in [3.63, 3.8) is 0 Å². The average molecular weight is 572 g/mol. The average Bonchev–Trinajstić information content (AvgIpc) is 2.97. The van der Waals surface area contributed by atoms with Crippen molar-refractivity contribution in [3.8, 4) is 16.9 Å². The lowest BCUT2D eigenvalue weighted by atomic mass is 9.95. The molecule has 42 heavy (non-hydrogen) atoms. The van der Waals surface area contributed by atoms with E-state index in [-0.39, 0.29) is 24.7 Å². The summed E-state index contributed by atoms with van der Waals surface area (Å²) in [7, 11) is 0. The maximum absolute atomic E-state index is 12.5. The highest BCUT2D eigenvalue weighted by atomic mass is 16.5. The maximum Gasteiger partial charge on any atom is 0.303 e. The number of nitrogens with zero attached hydrogens (tertiary/aromatic N) is 1. The Morgan fingerprint density at radius 1 is 0.881 bits per heavy atom. The summed E-state index contributed by atoms with van der Waals surface area (Å²) in [6, 6.07) is 22.9. The van der Waals surface area contributed by atoms with Gasteiger partial charge in [-0.1, -0.05) is 82.3 Å². The number of ketones is 1. The fourth-order valence-electron chi connectivity index (χ4n) is 5.38. The van der Waals surface area contributed by atoms with Gasteiger partial charge in [0.15, 0.2) is 5.78 Å². The summed E-state index contributed by atoms with van der Waals surface area (Å²) in [5, 5.41) is 8.86. The Morgan fingerprint density at radius 2 is 1.55 bits per heavy atom. The van der Waals surface area contributed by atoms with Crippen molar-refractivity contribution in [1.29, 1.82) is 0 Å². The maximum atomic E-state index is 12.5. The molecule has 6 heteroatoms. The summed E-state index contributed by atoms with van der Waals surface area (Å²) in [6.07, 6.45) is 1.26. The van der Waals surface area contributed by atoms with Crippen molar-refractivity contribution < 1.29 is 24.2 Å². The van der Waals surface area contributed by atoms with Crippen molar-refractivity contribution in [2.45, 2.75) is 71.9 Å². The number of carboxylic acids is 1. The first-order chi connectivity index (χ1) is 20.2. The summed E-state index contributed by atoms with van der Waals surface area (Å²) < 4.78 is 12.3. The van der Waals surface area contributed by atoms with Gasteiger partial charge in [-0.15, -0.1) is 0 Å². The van der Waals surface area contributed by atoms with Crippen LogP contribution in [0.25, 0.3) is 11.1 Å². The van der Waals surface area contributed by atoms with E-state index in [1.54, 1.807) is 0 Å². The second-order valence-corrected chi connectivity index (χ2v) is 12.0. The molecule has 0 amide bonds. The van der Waals surface area contributed by atoms with Gasteiger partial charge in [-0.25, -0.2) is 0 Å².